The first-order valence-electron chi connectivity index (χ1n) is 4.77. The molecule has 0 bridgehead atoms. The van der Waals surface area contributed by atoms with Crippen LogP contribution in [0.1, 0.15) is 19.7 Å². The van der Waals surface area contributed by atoms with E-state index in [4.69, 9.17) is 5.11 Å². The molecule has 1 aromatic heterocycles. The summed E-state index contributed by atoms with van der Waals surface area (Å²) in [6.45, 7) is 4.61. The van der Waals surface area contributed by atoms with Gasteiger partial charge in [-0.05, 0) is 23.8 Å². The fourth-order valence-corrected chi connectivity index (χ4v) is 2.14. The van der Waals surface area contributed by atoms with Crippen LogP contribution in [0.15, 0.2) is 5.03 Å². The van der Waals surface area contributed by atoms with Crippen LogP contribution in [0.4, 0.5) is 5.82 Å². The van der Waals surface area contributed by atoms with Crippen molar-refractivity contribution in [2.24, 2.45) is 7.05 Å². The molecule has 0 amide bonds. The summed E-state index contributed by atoms with van der Waals surface area (Å²) >= 11 is 0.916. The molecule has 0 aliphatic heterocycles. The summed E-state index contributed by atoms with van der Waals surface area (Å²) in [5, 5.41) is 20.1. The van der Waals surface area contributed by atoms with Gasteiger partial charge in [0.15, 0.2) is 5.03 Å². The Morgan fingerprint density at radius 1 is 1.59 bits per heavy atom. The number of aryl methyl sites for hydroxylation is 1. The van der Waals surface area contributed by atoms with E-state index in [0.717, 1.165) is 11.8 Å². The van der Waals surface area contributed by atoms with Crippen LogP contribution in [0, 0.1) is 17.0 Å². The second-order valence-electron chi connectivity index (χ2n) is 4.02. The lowest BCUT2D eigenvalue weighted by Crippen LogP contribution is -2.27. The molecule has 0 saturated carbocycles. The minimum Gasteiger partial charge on any atom is -0.480 e. The van der Waals surface area contributed by atoms with E-state index in [2.05, 4.69) is 4.98 Å². The number of rotatable bonds is 4. The van der Waals surface area contributed by atoms with E-state index in [1.54, 1.807) is 14.0 Å². The van der Waals surface area contributed by atoms with Gasteiger partial charge in [-0.25, -0.2) is 0 Å². The summed E-state index contributed by atoms with van der Waals surface area (Å²) in [6, 6.07) is 0. The number of hydrogen-bond donors (Lipinski definition) is 1. The second-order valence-corrected chi connectivity index (χ2v) is 5.63. The zero-order chi connectivity index (χ0) is 13.4. The van der Waals surface area contributed by atoms with Crippen LogP contribution in [0.5, 0.6) is 0 Å². The lowest BCUT2D eigenvalue weighted by Gasteiger charge is -2.17. The highest BCUT2D eigenvalue weighted by Crippen LogP contribution is 2.38. The van der Waals surface area contributed by atoms with Crippen LogP contribution in [-0.4, -0.2) is 30.3 Å². The van der Waals surface area contributed by atoms with Crippen molar-refractivity contribution in [3.05, 3.63) is 15.9 Å². The lowest BCUT2D eigenvalue weighted by atomic mass is 10.2. The highest BCUT2D eigenvalue weighted by Gasteiger charge is 2.35. The van der Waals surface area contributed by atoms with Crippen molar-refractivity contribution in [2.45, 2.75) is 30.5 Å². The average Bonchev–Trinajstić information content (AvgIpc) is 2.45. The standard InChI is InChI=1S/C9H13N3O4S/c1-5-10-6(12(15)16)7(11(5)4)17-9(2,3)8(13)14/h1-4H3,(H,13,14). The summed E-state index contributed by atoms with van der Waals surface area (Å²) in [5.41, 5.74) is 0. The molecule has 0 saturated heterocycles. The van der Waals surface area contributed by atoms with E-state index in [0.29, 0.717) is 5.82 Å². The van der Waals surface area contributed by atoms with Gasteiger partial charge in [-0.15, -0.1) is 0 Å². The monoisotopic (exact) mass is 259 g/mol. The molecule has 0 spiro atoms. The Kier molecular flexibility index (Phi) is 3.46. The topological polar surface area (TPSA) is 98.3 Å². The third-order valence-electron chi connectivity index (χ3n) is 2.29. The molecule has 0 unspecified atom stereocenters. The van der Waals surface area contributed by atoms with Crippen molar-refractivity contribution >= 4 is 23.5 Å². The number of thioether (sulfide) groups is 1. The second kappa shape index (κ2) is 4.36. The van der Waals surface area contributed by atoms with Gasteiger partial charge in [-0.1, -0.05) is 11.8 Å². The van der Waals surface area contributed by atoms with Crippen molar-refractivity contribution in [3.63, 3.8) is 0 Å². The van der Waals surface area contributed by atoms with Crippen LogP contribution in [-0.2, 0) is 11.8 Å². The fourth-order valence-electron chi connectivity index (χ4n) is 1.09. The third kappa shape index (κ3) is 2.57. The number of carbonyl (C=O) groups is 1. The summed E-state index contributed by atoms with van der Waals surface area (Å²) in [6.07, 6.45) is 0. The molecule has 7 nitrogen and oxygen atoms in total. The van der Waals surface area contributed by atoms with Gasteiger partial charge in [-0.2, -0.15) is 0 Å². The van der Waals surface area contributed by atoms with E-state index in [1.807, 2.05) is 0 Å². The van der Waals surface area contributed by atoms with Gasteiger partial charge in [-0.3, -0.25) is 9.36 Å². The maximum Gasteiger partial charge on any atom is 0.396 e. The molecule has 0 atom stereocenters. The number of nitro groups is 1. The smallest absolute Gasteiger partial charge is 0.396 e. The highest BCUT2D eigenvalue weighted by molar-refractivity contribution is 8.01. The van der Waals surface area contributed by atoms with Crippen molar-refractivity contribution in [1.29, 1.82) is 0 Å². The number of hydrogen-bond acceptors (Lipinski definition) is 5. The molecule has 0 aliphatic rings. The Bertz CT molecular complexity index is 481. The summed E-state index contributed by atoms with van der Waals surface area (Å²) in [7, 11) is 1.62. The van der Waals surface area contributed by atoms with E-state index in [-0.39, 0.29) is 10.8 Å². The molecule has 1 heterocycles. The Hall–Kier alpha value is -1.57. The predicted molar refractivity (Wildman–Crippen MR) is 62.2 cm³/mol. The molecule has 94 valence electrons. The van der Waals surface area contributed by atoms with Gasteiger partial charge in [0.25, 0.3) is 0 Å². The number of nitrogens with zero attached hydrogens (tertiary/aromatic N) is 3. The molecule has 8 heteroatoms. The molecule has 0 aliphatic carbocycles. The number of carboxylic acid groups (broad SMARTS) is 1. The quantitative estimate of drug-likeness (QED) is 0.501. The van der Waals surface area contributed by atoms with Crippen LogP contribution in [0.2, 0.25) is 0 Å². The first-order chi connectivity index (χ1) is 7.66. The van der Waals surface area contributed by atoms with E-state index in [9.17, 15) is 14.9 Å². The normalized spacial score (nSPS) is 11.5. The molecule has 1 rings (SSSR count). The molecule has 0 fully saturated rings. The molecule has 0 radical (unpaired) electrons. The van der Waals surface area contributed by atoms with Crippen LogP contribution < -0.4 is 0 Å². The van der Waals surface area contributed by atoms with Crippen molar-refractivity contribution in [2.75, 3.05) is 0 Å². The highest BCUT2D eigenvalue weighted by atomic mass is 32.2. The zero-order valence-electron chi connectivity index (χ0n) is 9.92. The van der Waals surface area contributed by atoms with Crippen molar-refractivity contribution < 1.29 is 14.8 Å². The number of carboxylic acids is 1. The Morgan fingerprint density at radius 2 is 2.12 bits per heavy atom. The van der Waals surface area contributed by atoms with Crippen LogP contribution in [0.3, 0.4) is 0 Å². The summed E-state index contributed by atoms with van der Waals surface area (Å²) in [5.74, 6) is -0.861. The number of aromatic nitrogens is 2. The summed E-state index contributed by atoms with van der Waals surface area (Å²) in [4.78, 5) is 25.0. The zero-order valence-corrected chi connectivity index (χ0v) is 10.7. The van der Waals surface area contributed by atoms with Crippen molar-refractivity contribution in [1.82, 2.24) is 9.55 Å². The average molecular weight is 259 g/mol. The van der Waals surface area contributed by atoms with Gasteiger partial charge in [0.2, 0.25) is 5.82 Å². The fraction of sp³-hybridized carbons (Fsp3) is 0.556. The van der Waals surface area contributed by atoms with E-state index < -0.39 is 15.6 Å². The Morgan fingerprint density at radius 3 is 2.53 bits per heavy atom. The van der Waals surface area contributed by atoms with Crippen LogP contribution >= 0.6 is 11.8 Å². The predicted octanol–water partition coefficient (Wildman–Crippen LogP) is 1.59. The summed E-state index contributed by atoms with van der Waals surface area (Å²) < 4.78 is 0.373. The minimum absolute atomic E-state index is 0.250. The largest absolute Gasteiger partial charge is 0.480 e. The van der Waals surface area contributed by atoms with E-state index in [1.165, 1.54) is 18.4 Å². The Labute approximate surface area is 102 Å². The maximum atomic E-state index is 11.0. The lowest BCUT2D eigenvalue weighted by molar-refractivity contribution is -0.392. The third-order valence-corrected chi connectivity index (χ3v) is 3.62. The van der Waals surface area contributed by atoms with Crippen molar-refractivity contribution in [3.8, 4) is 0 Å². The van der Waals surface area contributed by atoms with Gasteiger partial charge in [0, 0.05) is 14.0 Å². The molecular weight excluding hydrogens is 246 g/mol. The molecule has 17 heavy (non-hydrogen) atoms. The molecule has 1 aromatic rings. The van der Waals surface area contributed by atoms with Crippen LogP contribution in [0.25, 0.3) is 0 Å². The van der Waals surface area contributed by atoms with Gasteiger partial charge in [0.05, 0.1) is 0 Å². The van der Waals surface area contributed by atoms with Gasteiger partial charge < -0.3 is 15.2 Å². The van der Waals surface area contributed by atoms with E-state index >= 15 is 0 Å². The van der Waals surface area contributed by atoms with Gasteiger partial charge >= 0.3 is 11.8 Å². The number of imidazole rings is 1. The molecule has 1 N–H and O–H groups in total. The Balaban J connectivity index is 3.22. The maximum absolute atomic E-state index is 11.0. The molecular formula is C9H13N3O4S. The number of aliphatic carboxylic acids is 1. The van der Waals surface area contributed by atoms with Gasteiger partial charge in [0.1, 0.15) is 4.75 Å². The minimum atomic E-state index is -1.15. The first-order valence-corrected chi connectivity index (χ1v) is 5.58. The first kappa shape index (κ1) is 13.5. The SMILES string of the molecule is Cc1nc([N+](=O)[O-])c(SC(C)(C)C(=O)O)n1C. The molecule has 0 aromatic carbocycles.